The Kier molecular flexibility index (Phi) is 4.79. The molecule has 4 nitrogen and oxygen atoms in total. The Bertz CT molecular complexity index is 378. The standard InChI is InChI=1S/C14H23N3O/c1-2-12-10-13(17-16-12)15-14(18)9-11-7-5-3-4-6-8-11/h10-11H,2-9H2,1H3,(H2,15,16,17,18). The highest BCUT2D eigenvalue weighted by Gasteiger charge is 2.16. The zero-order valence-electron chi connectivity index (χ0n) is 11.2. The number of nitrogens with one attached hydrogen (secondary N) is 2. The van der Waals surface area contributed by atoms with Gasteiger partial charge in [-0.05, 0) is 25.2 Å². The minimum atomic E-state index is 0.107. The van der Waals surface area contributed by atoms with Gasteiger partial charge in [-0.25, -0.2) is 0 Å². The van der Waals surface area contributed by atoms with E-state index in [0.29, 0.717) is 18.2 Å². The molecule has 1 aliphatic carbocycles. The Morgan fingerprint density at radius 2 is 2.11 bits per heavy atom. The largest absolute Gasteiger partial charge is 0.309 e. The number of amides is 1. The van der Waals surface area contributed by atoms with E-state index < -0.39 is 0 Å². The minimum absolute atomic E-state index is 0.107. The summed E-state index contributed by atoms with van der Waals surface area (Å²) in [5.41, 5.74) is 1.06. The summed E-state index contributed by atoms with van der Waals surface area (Å²) in [4.78, 5) is 11.9. The fourth-order valence-corrected chi connectivity index (χ4v) is 2.63. The van der Waals surface area contributed by atoms with Crippen LogP contribution in [0.2, 0.25) is 0 Å². The Morgan fingerprint density at radius 3 is 2.72 bits per heavy atom. The van der Waals surface area contributed by atoms with Gasteiger partial charge in [0.05, 0.1) is 0 Å². The number of rotatable bonds is 4. The second-order valence-corrected chi connectivity index (χ2v) is 5.24. The molecular formula is C14H23N3O. The van der Waals surface area contributed by atoms with E-state index in [9.17, 15) is 4.79 Å². The van der Waals surface area contributed by atoms with Gasteiger partial charge in [0, 0.05) is 18.2 Å². The van der Waals surface area contributed by atoms with Crippen molar-refractivity contribution in [3.8, 4) is 0 Å². The van der Waals surface area contributed by atoms with Crippen LogP contribution in [0.25, 0.3) is 0 Å². The minimum Gasteiger partial charge on any atom is -0.309 e. The van der Waals surface area contributed by atoms with Crippen molar-refractivity contribution in [3.05, 3.63) is 11.8 Å². The molecule has 1 amide bonds. The Balaban J connectivity index is 1.80. The van der Waals surface area contributed by atoms with Crippen LogP contribution in [0.5, 0.6) is 0 Å². The van der Waals surface area contributed by atoms with Gasteiger partial charge in [-0.1, -0.05) is 32.6 Å². The summed E-state index contributed by atoms with van der Waals surface area (Å²) < 4.78 is 0. The van der Waals surface area contributed by atoms with Gasteiger partial charge in [-0.3, -0.25) is 9.89 Å². The molecule has 0 saturated heterocycles. The van der Waals surface area contributed by atoms with Gasteiger partial charge in [0.2, 0.25) is 5.91 Å². The molecule has 2 rings (SSSR count). The average Bonchev–Trinajstić information content (AvgIpc) is 2.65. The van der Waals surface area contributed by atoms with Crippen molar-refractivity contribution >= 4 is 11.7 Å². The number of aryl methyl sites for hydroxylation is 1. The van der Waals surface area contributed by atoms with Crippen molar-refractivity contribution < 1.29 is 4.79 Å². The van der Waals surface area contributed by atoms with E-state index in [4.69, 9.17) is 0 Å². The Morgan fingerprint density at radius 1 is 1.39 bits per heavy atom. The molecule has 1 saturated carbocycles. The molecule has 0 spiro atoms. The number of H-pyrrole nitrogens is 1. The summed E-state index contributed by atoms with van der Waals surface area (Å²) in [6.45, 7) is 2.06. The van der Waals surface area contributed by atoms with E-state index in [1.54, 1.807) is 0 Å². The maximum atomic E-state index is 11.9. The maximum absolute atomic E-state index is 11.9. The Hall–Kier alpha value is -1.32. The number of carbonyl (C=O) groups excluding carboxylic acids is 1. The van der Waals surface area contributed by atoms with Gasteiger partial charge in [0.1, 0.15) is 0 Å². The van der Waals surface area contributed by atoms with Crippen molar-refractivity contribution in [1.82, 2.24) is 10.2 Å². The molecular weight excluding hydrogens is 226 g/mol. The normalized spacial score (nSPS) is 17.4. The number of nitrogens with zero attached hydrogens (tertiary/aromatic N) is 1. The second kappa shape index (κ2) is 6.57. The lowest BCUT2D eigenvalue weighted by Gasteiger charge is -2.12. The molecule has 1 heterocycles. The number of anilines is 1. The fraction of sp³-hybridized carbons (Fsp3) is 0.714. The van der Waals surface area contributed by atoms with Gasteiger partial charge in [0.15, 0.2) is 5.82 Å². The van der Waals surface area contributed by atoms with Crippen LogP contribution < -0.4 is 5.32 Å². The molecule has 0 aromatic carbocycles. The van der Waals surface area contributed by atoms with Crippen molar-refractivity contribution in [2.75, 3.05) is 5.32 Å². The highest BCUT2D eigenvalue weighted by Crippen LogP contribution is 2.25. The predicted octanol–water partition coefficient (Wildman–Crippen LogP) is 3.27. The highest BCUT2D eigenvalue weighted by molar-refractivity contribution is 5.89. The van der Waals surface area contributed by atoms with Gasteiger partial charge < -0.3 is 5.32 Å². The van der Waals surface area contributed by atoms with Crippen LogP contribution in [0.3, 0.4) is 0 Å². The van der Waals surface area contributed by atoms with Gasteiger partial charge in [-0.2, -0.15) is 5.10 Å². The second-order valence-electron chi connectivity index (χ2n) is 5.24. The van der Waals surface area contributed by atoms with Crippen LogP contribution in [0.4, 0.5) is 5.82 Å². The zero-order chi connectivity index (χ0) is 12.8. The van der Waals surface area contributed by atoms with E-state index >= 15 is 0 Å². The van der Waals surface area contributed by atoms with Crippen LogP contribution in [0.1, 0.15) is 57.6 Å². The molecule has 4 heteroatoms. The van der Waals surface area contributed by atoms with E-state index in [1.807, 2.05) is 6.07 Å². The SMILES string of the molecule is CCc1cc(NC(=O)CC2CCCCCC2)n[nH]1. The molecule has 1 aromatic rings. The number of carbonyl (C=O) groups is 1. The van der Waals surface area contributed by atoms with Crippen molar-refractivity contribution in [2.24, 2.45) is 5.92 Å². The molecule has 0 radical (unpaired) electrons. The fourth-order valence-electron chi connectivity index (χ4n) is 2.63. The molecule has 1 aromatic heterocycles. The number of hydrogen-bond acceptors (Lipinski definition) is 2. The van der Waals surface area contributed by atoms with E-state index in [0.717, 1.165) is 12.1 Å². The van der Waals surface area contributed by atoms with E-state index in [2.05, 4.69) is 22.4 Å². The third kappa shape index (κ3) is 3.86. The van der Waals surface area contributed by atoms with Gasteiger partial charge in [-0.15, -0.1) is 0 Å². The lowest BCUT2D eigenvalue weighted by Crippen LogP contribution is -2.16. The number of aromatic amines is 1. The first-order valence-corrected chi connectivity index (χ1v) is 7.12. The molecule has 0 bridgehead atoms. The Labute approximate surface area is 109 Å². The maximum Gasteiger partial charge on any atom is 0.225 e. The third-order valence-corrected chi connectivity index (χ3v) is 3.73. The molecule has 0 aliphatic heterocycles. The van der Waals surface area contributed by atoms with E-state index in [1.165, 1.54) is 38.5 Å². The highest BCUT2D eigenvalue weighted by atomic mass is 16.1. The average molecular weight is 249 g/mol. The smallest absolute Gasteiger partial charge is 0.225 e. The third-order valence-electron chi connectivity index (χ3n) is 3.73. The van der Waals surface area contributed by atoms with Crippen molar-refractivity contribution in [3.63, 3.8) is 0 Å². The molecule has 2 N–H and O–H groups in total. The molecule has 0 unspecified atom stereocenters. The van der Waals surface area contributed by atoms with Gasteiger partial charge in [0.25, 0.3) is 0 Å². The first-order valence-electron chi connectivity index (χ1n) is 7.12. The summed E-state index contributed by atoms with van der Waals surface area (Å²) in [7, 11) is 0. The van der Waals surface area contributed by atoms with Gasteiger partial charge >= 0.3 is 0 Å². The van der Waals surface area contributed by atoms with Crippen LogP contribution in [0.15, 0.2) is 6.07 Å². The van der Waals surface area contributed by atoms with E-state index in [-0.39, 0.29) is 5.91 Å². The van der Waals surface area contributed by atoms with Crippen LogP contribution in [0, 0.1) is 5.92 Å². The molecule has 1 aliphatic rings. The molecule has 0 atom stereocenters. The van der Waals surface area contributed by atoms with Crippen LogP contribution in [-0.4, -0.2) is 16.1 Å². The molecule has 1 fully saturated rings. The summed E-state index contributed by atoms with van der Waals surface area (Å²) in [5, 5.41) is 9.87. The van der Waals surface area contributed by atoms with Crippen molar-refractivity contribution in [2.45, 2.75) is 58.3 Å². The lowest BCUT2D eigenvalue weighted by atomic mass is 9.96. The first kappa shape index (κ1) is 13.1. The lowest BCUT2D eigenvalue weighted by molar-refractivity contribution is -0.117. The number of aromatic nitrogens is 2. The summed E-state index contributed by atoms with van der Waals surface area (Å²) in [6, 6.07) is 1.91. The summed E-state index contributed by atoms with van der Waals surface area (Å²) in [6.07, 6.45) is 9.18. The first-order chi connectivity index (χ1) is 8.78. The van der Waals surface area contributed by atoms with Crippen molar-refractivity contribution in [1.29, 1.82) is 0 Å². The monoisotopic (exact) mass is 249 g/mol. The molecule has 100 valence electrons. The summed E-state index contributed by atoms with van der Waals surface area (Å²) in [5.74, 6) is 1.33. The van der Waals surface area contributed by atoms with Crippen LogP contribution >= 0.6 is 0 Å². The summed E-state index contributed by atoms with van der Waals surface area (Å²) >= 11 is 0. The zero-order valence-corrected chi connectivity index (χ0v) is 11.2. The topological polar surface area (TPSA) is 57.8 Å². The molecule has 18 heavy (non-hydrogen) atoms. The predicted molar refractivity (Wildman–Crippen MR) is 72.4 cm³/mol. The number of hydrogen-bond donors (Lipinski definition) is 2. The quantitative estimate of drug-likeness (QED) is 0.805. The van der Waals surface area contributed by atoms with Crippen LogP contribution in [-0.2, 0) is 11.2 Å².